The van der Waals surface area contributed by atoms with Crippen molar-refractivity contribution in [1.29, 1.82) is 0 Å². The lowest BCUT2D eigenvalue weighted by Crippen LogP contribution is -1.98. The first-order valence-corrected chi connectivity index (χ1v) is 6.89. The predicted molar refractivity (Wildman–Crippen MR) is 78.2 cm³/mol. The van der Waals surface area contributed by atoms with E-state index in [-0.39, 0.29) is 21.3 Å². The fourth-order valence-corrected chi connectivity index (χ4v) is 2.67. The standard InChI is InChI=1S/C13H9ClN2O4S/c1-7-4-11(16(19)20)12(15-6-7)21-8-2-3-10(14)9(5-8)13(17)18/h2-6H,1H3,(H,17,18). The van der Waals surface area contributed by atoms with E-state index >= 15 is 0 Å². The summed E-state index contributed by atoms with van der Waals surface area (Å²) in [6, 6.07) is 5.81. The molecule has 1 heterocycles. The lowest BCUT2D eigenvalue weighted by Gasteiger charge is -2.05. The topological polar surface area (TPSA) is 93.3 Å². The number of aromatic nitrogens is 1. The van der Waals surface area contributed by atoms with Gasteiger partial charge in [-0.1, -0.05) is 23.4 Å². The van der Waals surface area contributed by atoms with Crippen LogP contribution in [0.25, 0.3) is 0 Å². The number of halogens is 1. The largest absolute Gasteiger partial charge is 0.478 e. The fraction of sp³-hybridized carbons (Fsp3) is 0.0769. The van der Waals surface area contributed by atoms with Gasteiger partial charge in [0.1, 0.15) is 0 Å². The molecule has 0 saturated heterocycles. The van der Waals surface area contributed by atoms with Gasteiger partial charge < -0.3 is 5.11 Å². The number of hydrogen-bond donors (Lipinski definition) is 1. The average molecular weight is 325 g/mol. The molecule has 0 aliphatic heterocycles. The van der Waals surface area contributed by atoms with Crippen molar-refractivity contribution in [3.63, 3.8) is 0 Å². The number of nitro groups is 1. The highest BCUT2D eigenvalue weighted by molar-refractivity contribution is 7.99. The molecule has 0 atom stereocenters. The van der Waals surface area contributed by atoms with Gasteiger partial charge >= 0.3 is 11.7 Å². The molecule has 0 saturated carbocycles. The maximum absolute atomic E-state index is 11.0. The summed E-state index contributed by atoms with van der Waals surface area (Å²) in [7, 11) is 0. The van der Waals surface area contributed by atoms with Crippen molar-refractivity contribution in [2.45, 2.75) is 16.8 Å². The van der Waals surface area contributed by atoms with E-state index in [4.69, 9.17) is 16.7 Å². The van der Waals surface area contributed by atoms with E-state index in [0.717, 1.165) is 11.8 Å². The average Bonchev–Trinajstić information content (AvgIpc) is 2.42. The molecule has 6 nitrogen and oxygen atoms in total. The van der Waals surface area contributed by atoms with E-state index in [1.165, 1.54) is 24.4 Å². The van der Waals surface area contributed by atoms with Crippen LogP contribution in [0.3, 0.4) is 0 Å². The van der Waals surface area contributed by atoms with Gasteiger partial charge in [0.05, 0.1) is 15.5 Å². The van der Waals surface area contributed by atoms with Gasteiger partial charge in [-0.2, -0.15) is 0 Å². The zero-order valence-electron chi connectivity index (χ0n) is 10.7. The second-order valence-corrected chi connectivity index (χ2v) is 5.61. The molecule has 0 bridgehead atoms. The lowest BCUT2D eigenvalue weighted by atomic mass is 10.2. The van der Waals surface area contributed by atoms with Crippen LogP contribution < -0.4 is 0 Å². The summed E-state index contributed by atoms with van der Waals surface area (Å²) in [6.45, 7) is 1.71. The molecule has 21 heavy (non-hydrogen) atoms. The maximum atomic E-state index is 11.0. The minimum absolute atomic E-state index is 0.0589. The molecule has 1 aromatic heterocycles. The second-order valence-electron chi connectivity index (χ2n) is 4.14. The van der Waals surface area contributed by atoms with Gasteiger partial charge in [0, 0.05) is 17.2 Å². The normalized spacial score (nSPS) is 10.4. The molecule has 108 valence electrons. The van der Waals surface area contributed by atoms with Crippen molar-refractivity contribution in [2.24, 2.45) is 0 Å². The molecule has 1 N–H and O–H groups in total. The van der Waals surface area contributed by atoms with E-state index in [2.05, 4.69) is 4.98 Å². The van der Waals surface area contributed by atoms with Crippen LogP contribution in [-0.4, -0.2) is 21.0 Å². The van der Waals surface area contributed by atoms with Crippen molar-refractivity contribution < 1.29 is 14.8 Å². The van der Waals surface area contributed by atoms with Gasteiger partial charge in [-0.15, -0.1) is 0 Å². The Kier molecular flexibility index (Phi) is 4.44. The molecule has 0 spiro atoms. The Labute approximate surface area is 128 Å². The van der Waals surface area contributed by atoms with Gasteiger partial charge in [-0.05, 0) is 30.7 Å². The Bertz CT molecular complexity index is 736. The molecule has 0 radical (unpaired) electrons. The Morgan fingerprint density at radius 2 is 2.14 bits per heavy atom. The van der Waals surface area contributed by atoms with Crippen molar-refractivity contribution >= 4 is 35.0 Å². The van der Waals surface area contributed by atoms with Gasteiger partial charge in [0.25, 0.3) is 0 Å². The number of hydrogen-bond acceptors (Lipinski definition) is 5. The molecule has 2 aromatic rings. The number of rotatable bonds is 4. The van der Waals surface area contributed by atoms with Crippen LogP contribution in [-0.2, 0) is 0 Å². The Hall–Kier alpha value is -2.12. The van der Waals surface area contributed by atoms with Crippen molar-refractivity contribution in [1.82, 2.24) is 4.98 Å². The quantitative estimate of drug-likeness (QED) is 0.679. The van der Waals surface area contributed by atoms with Gasteiger partial charge in [0.2, 0.25) is 0 Å². The van der Waals surface area contributed by atoms with Gasteiger partial charge in [-0.25, -0.2) is 9.78 Å². The van der Waals surface area contributed by atoms with Crippen molar-refractivity contribution in [3.05, 3.63) is 56.7 Å². The molecular formula is C13H9ClN2O4S. The number of aromatic carboxylic acids is 1. The smallest absolute Gasteiger partial charge is 0.337 e. The molecule has 8 heteroatoms. The zero-order chi connectivity index (χ0) is 15.6. The fourth-order valence-electron chi connectivity index (χ4n) is 1.59. The number of nitrogens with zero attached hydrogens (tertiary/aromatic N) is 2. The van der Waals surface area contributed by atoms with E-state index in [0.29, 0.717) is 10.5 Å². The van der Waals surface area contributed by atoms with Gasteiger partial charge in [-0.3, -0.25) is 10.1 Å². The van der Waals surface area contributed by atoms with Crippen LogP contribution >= 0.6 is 23.4 Å². The van der Waals surface area contributed by atoms with Crippen molar-refractivity contribution in [2.75, 3.05) is 0 Å². The Morgan fingerprint density at radius 3 is 2.76 bits per heavy atom. The lowest BCUT2D eigenvalue weighted by molar-refractivity contribution is -0.388. The van der Waals surface area contributed by atoms with E-state index in [1.807, 2.05) is 0 Å². The first-order chi connectivity index (χ1) is 9.88. The number of pyridine rings is 1. The van der Waals surface area contributed by atoms with Crippen LogP contribution in [0, 0.1) is 17.0 Å². The summed E-state index contributed by atoms with van der Waals surface area (Å²) in [5.74, 6) is -1.16. The molecule has 0 aliphatic rings. The van der Waals surface area contributed by atoms with Crippen LogP contribution in [0.2, 0.25) is 5.02 Å². The second kappa shape index (κ2) is 6.11. The summed E-state index contributed by atoms with van der Waals surface area (Å²) < 4.78 is 0. The first-order valence-electron chi connectivity index (χ1n) is 5.70. The predicted octanol–water partition coefficient (Wildman–Crippen LogP) is 3.80. The molecular weight excluding hydrogens is 316 g/mol. The van der Waals surface area contributed by atoms with E-state index < -0.39 is 10.9 Å². The third-order valence-corrected chi connectivity index (χ3v) is 3.88. The summed E-state index contributed by atoms with van der Waals surface area (Å²) in [5, 5.41) is 20.4. The van der Waals surface area contributed by atoms with Crippen molar-refractivity contribution in [3.8, 4) is 0 Å². The summed E-state index contributed by atoms with van der Waals surface area (Å²) in [6.07, 6.45) is 1.52. The number of benzene rings is 1. The molecule has 0 aliphatic carbocycles. The highest BCUT2D eigenvalue weighted by Crippen LogP contribution is 2.34. The summed E-state index contributed by atoms with van der Waals surface area (Å²) >= 11 is 6.80. The number of carboxylic acid groups (broad SMARTS) is 1. The van der Waals surface area contributed by atoms with Crippen LogP contribution in [0.4, 0.5) is 5.69 Å². The SMILES string of the molecule is Cc1cnc(Sc2ccc(Cl)c(C(=O)O)c2)c([N+](=O)[O-])c1. The number of aryl methyl sites for hydroxylation is 1. The van der Waals surface area contributed by atoms with E-state index in [1.54, 1.807) is 13.0 Å². The first kappa shape index (κ1) is 15.3. The minimum Gasteiger partial charge on any atom is -0.478 e. The number of carbonyl (C=O) groups is 1. The highest BCUT2D eigenvalue weighted by Gasteiger charge is 2.18. The molecule has 0 fully saturated rings. The minimum atomic E-state index is -1.16. The Balaban J connectivity index is 2.41. The maximum Gasteiger partial charge on any atom is 0.337 e. The molecule has 1 aromatic carbocycles. The summed E-state index contributed by atoms with van der Waals surface area (Å²) in [5.41, 5.74) is 0.497. The van der Waals surface area contributed by atoms with Crippen LogP contribution in [0.5, 0.6) is 0 Å². The molecule has 2 rings (SSSR count). The monoisotopic (exact) mass is 324 g/mol. The third kappa shape index (κ3) is 3.50. The van der Waals surface area contributed by atoms with Crippen LogP contribution in [0.1, 0.15) is 15.9 Å². The molecule has 0 unspecified atom stereocenters. The molecule has 0 amide bonds. The van der Waals surface area contributed by atoms with E-state index in [9.17, 15) is 14.9 Å². The highest BCUT2D eigenvalue weighted by atomic mass is 35.5. The summed E-state index contributed by atoms with van der Waals surface area (Å²) in [4.78, 5) is 26.1. The van der Waals surface area contributed by atoms with Crippen LogP contribution in [0.15, 0.2) is 40.4 Å². The number of carboxylic acids is 1. The Morgan fingerprint density at radius 1 is 1.43 bits per heavy atom. The zero-order valence-corrected chi connectivity index (χ0v) is 12.3. The third-order valence-electron chi connectivity index (χ3n) is 2.55. The van der Waals surface area contributed by atoms with Gasteiger partial charge in [0.15, 0.2) is 5.03 Å².